The Morgan fingerprint density at radius 2 is 2.09 bits per heavy atom. The molecule has 1 aromatic carbocycles. The number of para-hydroxylation sites is 1. The molecule has 120 valence electrons. The molecule has 0 aliphatic heterocycles. The van der Waals surface area contributed by atoms with E-state index in [9.17, 15) is 9.59 Å². The molecule has 1 heterocycles. The molecule has 1 N–H and O–H groups in total. The number of aromatic nitrogens is 2. The van der Waals surface area contributed by atoms with Gasteiger partial charge in [-0.15, -0.1) is 0 Å². The first-order valence-corrected chi connectivity index (χ1v) is 8.39. The SMILES string of the molecule is COC(=O)CNC(=O)CSc1nc(C2CC2)nc2ccccc12. The molecule has 23 heavy (non-hydrogen) atoms. The molecule has 1 fully saturated rings. The van der Waals surface area contributed by atoms with E-state index in [0.29, 0.717) is 5.92 Å². The Labute approximate surface area is 138 Å². The number of esters is 1. The second-order valence-corrected chi connectivity index (χ2v) is 6.28. The van der Waals surface area contributed by atoms with E-state index in [0.717, 1.165) is 34.6 Å². The van der Waals surface area contributed by atoms with Gasteiger partial charge in [0, 0.05) is 11.3 Å². The number of hydrogen-bond acceptors (Lipinski definition) is 6. The van der Waals surface area contributed by atoms with Gasteiger partial charge >= 0.3 is 5.97 Å². The van der Waals surface area contributed by atoms with Crippen LogP contribution in [0, 0.1) is 0 Å². The Kier molecular flexibility index (Phi) is 4.76. The maximum absolute atomic E-state index is 11.8. The lowest BCUT2D eigenvalue weighted by Crippen LogP contribution is -2.31. The minimum Gasteiger partial charge on any atom is -0.468 e. The number of benzene rings is 1. The summed E-state index contributed by atoms with van der Waals surface area (Å²) in [7, 11) is 1.29. The van der Waals surface area contributed by atoms with Crippen LogP contribution in [0.4, 0.5) is 0 Å². The van der Waals surface area contributed by atoms with Gasteiger partial charge in [-0.1, -0.05) is 30.0 Å². The molecular formula is C16H17N3O3S. The van der Waals surface area contributed by atoms with Crippen molar-refractivity contribution in [1.82, 2.24) is 15.3 Å². The number of rotatable bonds is 6. The molecule has 7 heteroatoms. The first-order chi connectivity index (χ1) is 11.2. The number of ether oxygens (including phenoxy) is 1. The summed E-state index contributed by atoms with van der Waals surface area (Å²) in [5.41, 5.74) is 0.905. The van der Waals surface area contributed by atoms with Gasteiger partial charge in [0.15, 0.2) is 0 Å². The molecule has 2 aromatic rings. The van der Waals surface area contributed by atoms with E-state index in [4.69, 9.17) is 0 Å². The van der Waals surface area contributed by atoms with Crippen molar-refractivity contribution in [1.29, 1.82) is 0 Å². The molecule has 0 spiro atoms. The van der Waals surface area contributed by atoms with Gasteiger partial charge in [0.1, 0.15) is 17.4 Å². The molecule has 1 aliphatic carbocycles. The van der Waals surface area contributed by atoms with E-state index < -0.39 is 5.97 Å². The van der Waals surface area contributed by atoms with Gasteiger partial charge in [0.2, 0.25) is 5.91 Å². The summed E-state index contributed by atoms with van der Waals surface area (Å²) < 4.78 is 4.49. The van der Waals surface area contributed by atoms with Crippen LogP contribution in [0.15, 0.2) is 29.3 Å². The van der Waals surface area contributed by atoms with Crippen molar-refractivity contribution in [3.05, 3.63) is 30.1 Å². The lowest BCUT2D eigenvalue weighted by molar-refractivity contribution is -0.140. The average molecular weight is 331 g/mol. The molecule has 0 radical (unpaired) electrons. The standard InChI is InChI=1S/C16H17N3O3S/c1-22-14(21)8-17-13(20)9-23-16-11-4-2-3-5-12(11)18-15(19-16)10-6-7-10/h2-5,10H,6-9H2,1H3,(H,17,20). The smallest absolute Gasteiger partial charge is 0.325 e. The summed E-state index contributed by atoms with van der Waals surface area (Å²) >= 11 is 1.36. The quantitative estimate of drug-likeness (QED) is 0.494. The lowest BCUT2D eigenvalue weighted by atomic mass is 10.2. The Hall–Kier alpha value is -2.15. The van der Waals surface area contributed by atoms with Gasteiger partial charge in [-0.2, -0.15) is 0 Å². The van der Waals surface area contributed by atoms with Gasteiger partial charge in [0.05, 0.1) is 18.4 Å². The van der Waals surface area contributed by atoms with Gasteiger partial charge in [-0.05, 0) is 18.9 Å². The normalized spacial score (nSPS) is 13.8. The fraction of sp³-hybridized carbons (Fsp3) is 0.375. The summed E-state index contributed by atoms with van der Waals surface area (Å²) in [4.78, 5) is 32.1. The zero-order valence-corrected chi connectivity index (χ0v) is 13.6. The number of carbonyl (C=O) groups excluding carboxylic acids is 2. The zero-order chi connectivity index (χ0) is 16.2. The predicted octanol–water partition coefficient (Wildman–Crippen LogP) is 1.89. The van der Waals surface area contributed by atoms with Gasteiger partial charge in [-0.3, -0.25) is 9.59 Å². The van der Waals surface area contributed by atoms with Crippen molar-refractivity contribution >= 4 is 34.5 Å². The predicted molar refractivity (Wildman–Crippen MR) is 87.3 cm³/mol. The molecule has 0 unspecified atom stereocenters. The highest BCUT2D eigenvalue weighted by atomic mass is 32.2. The van der Waals surface area contributed by atoms with E-state index in [1.807, 2.05) is 24.3 Å². The second-order valence-electron chi connectivity index (χ2n) is 5.32. The number of carbonyl (C=O) groups is 2. The Morgan fingerprint density at radius 1 is 1.30 bits per heavy atom. The number of methoxy groups -OCH3 is 1. The summed E-state index contributed by atoms with van der Waals surface area (Å²) in [6.45, 7) is -0.117. The fourth-order valence-electron chi connectivity index (χ4n) is 2.13. The largest absolute Gasteiger partial charge is 0.468 e. The molecule has 0 atom stereocenters. The molecule has 0 bridgehead atoms. The lowest BCUT2D eigenvalue weighted by Gasteiger charge is -2.08. The third-order valence-electron chi connectivity index (χ3n) is 3.53. The number of fused-ring (bicyclic) bond motifs is 1. The Bertz CT molecular complexity index is 746. The zero-order valence-electron chi connectivity index (χ0n) is 12.7. The summed E-state index contributed by atoms with van der Waals surface area (Å²) in [6.07, 6.45) is 2.25. The highest BCUT2D eigenvalue weighted by Crippen LogP contribution is 2.39. The topological polar surface area (TPSA) is 81.2 Å². The summed E-state index contributed by atoms with van der Waals surface area (Å²) in [6, 6.07) is 7.80. The van der Waals surface area contributed by atoms with Crippen LogP contribution in [0.25, 0.3) is 10.9 Å². The first-order valence-electron chi connectivity index (χ1n) is 7.40. The monoisotopic (exact) mass is 331 g/mol. The number of thioether (sulfide) groups is 1. The molecule has 1 aliphatic rings. The van der Waals surface area contributed by atoms with Crippen LogP contribution in [-0.4, -0.2) is 41.3 Å². The fourth-order valence-corrected chi connectivity index (χ4v) is 2.98. The van der Waals surface area contributed by atoms with Crippen LogP contribution in [0.1, 0.15) is 24.6 Å². The maximum Gasteiger partial charge on any atom is 0.325 e. The Balaban J connectivity index is 1.71. The van der Waals surface area contributed by atoms with Crippen LogP contribution in [0.5, 0.6) is 0 Å². The number of amides is 1. The summed E-state index contributed by atoms with van der Waals surface area (Å²) in [5.74, 6) is 0.818. The van der Waals surface area contributed by atoms with E-state index >= 15 is 0 Å². The number of nitrogens with zero attached hydrogens (tertiary/aromatic N) is 2. The van der Waals surface area contributed by atoms with Crippen LogP contribution in [-0.2, 0) is 14.3 Å². The molecule has 6 nitrogen and oxygen atoms in total. The highest BCUT2D eigenvalue weighted by Gasteiger charge is 2.27. The van der Waals surface area contributed by atoms with Crippen molar-refractivity contribution in [2.75, 3.05) is 19.4 Å². The summed E-state index contributed by atoms with van der Waals surface area (Å²) in [5, 5.41) is 4.28. The van der Waals surface area contributed by atoms with Crippen LogP contribution >= 0.6 is 11.8 Å². The van der Waals surface area contributed by atoms with E-state index in [-0.39, 0.29) is 18.2 Å². The molecule has 3 rings (SSSR count). The third-order valence-corrected chi connectivity index (χ3v) is 4.52. The Morgan fingerprint density at radius 3 is 2.83 bits per heavy atom. The molecule has 1 amide bonds. The van der Waals surface area contributed by atoms with E-state index in [2.05, 4.69) is 20.0 Å². The molecule has 0 saturated heterocycles. The van der Waals surface area contributed by atoms with Gasteiger partial charge < -0.3 is 10.1 Å². The van der Waals surface area contributed by atoms with Crippen molar-refractivity contribution in [3.63, 3.8) is 0 Å². The van der Waals surface area contributed by atoms with Crippen LogP contribution in [0.2, 0.25) is 0 Å². The minimum atomic E-state index is -0.466. The van der Waals surface area contributed by atoms with E-state index in [1.54, 1.807) is 0 Å². The number of nitrogens with one attached hydrogen (secondary N) is 1. The molecule has 1 aromatic heterocycles. The minimum absolute atomic E-state index is 0.117. The molecular weight excluding hydrogens is 314 g/mol. The van der Waals surface area contributed by atoms with Crippen molar-refractivity contribution in [2.45, 2.75) is 23.8 Å². The van der Waals surface area contributed by atoms with Crippen molar-refractivity contribution in [2.24, 2.45) is 0 Å². The van der Waals surface area contributed by atoms with Crippen molar-refractivity contribution in [3.8, 4) is 0 Å². The first kappa shape index (κ1) is 15.7. The average Bonchev–Trinajstić information content (AvgIpc) is 3.42. The third kappa shape index (κ3) is 3.98. The van der Waals surface area contributed by atoms with Gasteiger partial charge in [-0.25, -0.2) is 9.97 Å². The second kappa shape index (κ2) is 6.95. The van der Waals surface area contributed by atoms with Gasteiger partial charge in [0.25, 0.3) is 0 Å². The maximum atomic E-state index is 11.8. The molecule has 1 saturated carbocycles. The van der Waals surface area contributed by atoms with Crippen molar-refractivity contribution < 1.29 is 14.3 Å². The highest BCUT2D eigenvalue weighted by molar-refractivity contribution is 8.00. The number of hydrogen-bond donors (Lipinski definition) is 1. The van der Waals surface area contributed by atoms with E-state index in [1.165, 1.54) is 18.9 Å². The van der Waals surface area contributed by atoms with Crippen LogP contribution < -0.4 is 5.32 Å². The van der Waals surface area contributed by atoms with Crippen LogP contribution in [0.3, 0.4) is 0 Å².